The number of alkyl halides is 1. The van der Waals surface area contributed by atoms with Crippen LogP contribution in [0.5, 0.6) is 0 Å². The van der Waals surface area contributed by atoms with Crippen LogP contribution in [-0.2, 0) is 4.79 Å². The molecule has 0 aromatic carbocycles. The Balaban J connectivity index is 2.39. The maximum atomic E-state index is 12.3. The van der Waals surface area contributed by atoms with Crippen LogP contribution >= 0.6 is 11.6 Å². The molecule has 52 valence electrons. The second-order valence-corrected chi connectivity index (χ2v) is 2.78. The Morgan fingerprint density at radius 1 is 1.56 bits per heavy atom. The van der Waals surface area contributed by atoms with Crippen molar-refractivity contribution in [1.82, 2.24) is 0 Å². The summed E-state index contributed by atoms with van der Waals surface area (Å²) in [6.45, 7) is 0. The summed E-state index contributed by atoms with van der Waals surface area (Å²) in [5.41, 5.74) is 0. The molecule has 0 heterocycles. The van der Waals surface area contributed by atoms with E-state index in [1.807, 2.05) is 0 Å². The zero-order chi connectivity index (χ0) is 6.85. The van der Waals surface area contributed by atoms with Crippen LogP contribution in [0.3, 0.4) is 0 Å². The zero-order valence-electron chi connectivity index (χ0n) is 4.94. The minimum atomic E-state index is -0.794. The normalized spacial score (nSPS) is 34.9. The van der Waals surface area contributed by atoms with Gasteiger partial charge in [0.15, 0.2) is 0 Å². The van der Waals surface area contributed by atoms with E-state index in [2.05, 4.69) is 0 Å². The summed E-state index contributed by atoms with van der Waals surface area (Å²) < 4.78 is 12.3. The van der Waals surface area contributed by atoms with Gasteiger partial charge in [-0.3, -0.25) is 4.79 Å². The molecule has 2 atom stereocenters. The highest BCUT2D eigenvalue weighted by Gasteiger charge is 2.28. The summed E-state index contributed by atoms with van der Waals surface area (Å²) in [6.07, 6.45) is 0.673. The van der Waals surface area contributed by atoms with Crippen LogP contribution in [0.15, 0.2) is 0 Å². The van der Waals surface area contributed by atoms with Crippen molar-refractivity contribution in [3.8, 4) is 0 Å². The van der Waals surface area contributed by atoms with E-state index in [-0.39, 0.29) is 11.2 Å². The molecular weight excluding hydrogens is 143 g/mol. The van der Waals surface area contributed by atoms with Crippen molar-refractivity contribution in [1.29, 1.82) is 0 Å². The van der Waals surface area contributed by atoms with Gasteiger partial charge >= 0.3 is 0 Å². The standard InChI is InChI=1S/C6H8ClFO/c7-6(9)4-1-2-5(8)3-4/h4-5H,1-3H2. The highest BCUT2D eigenvalue weighted by Crippen LogP contribution is 2.29. The van der Waals surface area contributed by atoms with Crippen LogP contribution in [0.1, 0.15) is 19.3 Å². The van der Waals surface area contributed by atoms with Gasteiger partial charge in [0.2, 0.25) is 5.24 Å². The lowest BCUT2D eigenvalue weighted by Crippen LogP contribution is -2.03. The van der Waals surface area contributed by atoms with Crippen molar-refractivity contribution in [2.45, 2.75) is 25.4 Å². The topological polar surface area (TPSA) is 17.1 Å². The Kier molecular flexibility index (Phi) is 2.06. The number of carbonyl (C=O) groups is 1. The molecule has 0 spiro atoms. The lowest BCUT2D eigenvalue weighted by atomic mass is 10.1. The van der Waals surface area contributed by atoms with E-state index >= 15 is 0 Å². The maximum absolute atomic E-state index is 12.3. The maximum Gasteiger partial charge on any atom is 0.224 e. The lowest BCUT2D eigenvalue weighted by molar-refractivity contribution is -0.115. The van der Waals surface area contributed by atoms with Gasteiger partial charge in [0, 0.05) is 5.92 Å². The van der Waals surface area contributed by atoms with Gasteiger partial charge in [-0.25, -0.2) is 4.39 Å². The van der Waals surface area contributed by atoms with Gasteiger partial charge in [0.1, 0.15) is 6.17 Å². The van der Waals surface area contributed by atoms with E-state index in [1.54, 1.807) is 0 Å². The van der Waals surface area contributed by atoms with Crippen LogP contribution in [0.2, 0.25) is 0 Å². The van der Waals surface area contributed by atoms with Gasteiger partial charge in [0.25, 0.3) is 0 Å². The molecule has 0 N–H and O–H groups in total. The highest BCUT2D eigenvalue weighted by molar-refractivity contribution is 6.64. The Morgan fingerprint density at radius 3 is 2.44 bits per heavy atom. The molecule has 2 unspecified atom stereocenters. The summed E-state index contributed by atoms with van der Waals surface area (Å²) in [5.74, 6) is -0.207. The predicted octanol–water partition coefficient (Wildman–Crippen LogP) is 1.89. The van der Waals surface area contributed by atoms with Gasteiger partial charge in [-0.15, -0.1) is 0 Å². The molecule has 9 heavy (non-hydrogen) atoms. The summed E-state index contributed by atoms with van der Waals surface area (Å²) >= 11 is 5.14. The summed E-state index contributed by atoms with van der Waals surface area (Å²) in [4.78, 5) is 10.4. The van der Waals surface area contributed by atoms with E-state index in [0.717, 1.165) is 0 Å². The molecule has 0 radical (unpaired) electrons. The first kappa shape index (κ1) is 7.00. The average molecular weight is 151 g/mol. The van der Waals surface area contributed by atoms with Crippen LogP contribution in [0.25, 0.3) is 0 Å². The molecular formula is C6H8ClFO. The first-order valence-electron chi connectivity index (χ1n) is 3.03. The van der Waals surface area contributed by atoms with Crippen molar-refractivity contribution in [2.24, 2.45) is 5.92 Å². The third-order valence-corrected chi connectivity index (χ3v) is 2.00. The molecule has 1 saturated carbocycles. The van der Waals surface area contributed by atoms with Crippen molar-refractivity contribution in [2.75, 3.05) is 0 Å². The molecule has 1 fully saturated rings. The molecule has 0 saturated heterocycles. The van der Waals surface area contributed by atoms with Gasteiger partial charge in [0.05, 0.1) is 0 Å². The van der Waals surface area contributed by atoms with Crippen molar-refractivity contribution >= 4 is 16.8 Å². The Labute approximate surface area is 58.2 Å². The van der Waals surface area contributed by atoms with Gasteiger partial charge in [-0.05, 0) is 30.9 Å². The fourth-order valence-corrected chi connectivity index (χ4v) is 1.33. The van der Waals surface area contributed by atoms with Crippen LogP contribution in [0, 0.1) is 5.92 Å². The molecule has 1 rings (SSSR count). The highest BCUT2D eigenvalue weighted by atomic mass is 35.5. The van der Waals surface area contributed by atoms with E-state index in [0.29, 0.717) is 19.3 Å². The van der Waals surface area contributed by atoms with Gasteiger partial charge in [-0.1, -0.05) is 0 Å². The fourth-order valence-electron chi connectivity index (χ4n) is 1.13. The monoisotopic (exact) mass is 150 g/mol. The minimum Gasteiger partial charge on any atom is -0.281 e. The molecule has 1 nitrogen and oxygen atoms in total. The fraction of sp³-hybridized carbons (Fsp3) is 0.833. The van der Waals surface area contributed by atoms with Crippen molar-refractivity contribution in [3.63, 3.8) is 0 Å². The zero-order valence-corrected chi connectivity index (χ0v) is 5.70. The second-order valence-electron chi connectivity index (χ2n) is 2.41. The van der Waals surface area contributed by atoms with E-state index in [9.17, 15) is 9.18 Å². The number of halogens is 2. The second kappa shape index (κ2) is 2.65. The lowest BCUT2D eigenvalue weighted by Gasteiger charge is -1.97. The molecule has 0 aromatic rings. The third-order valence-electron chi connectivity index (χ3n) is 1.69. The Morgan fingerprint density at radius 2 is 2.22 bits per heavy atom. The first-order valence-corrected chi connectivity index (χ1v) is 3.41. The van der Waals surface area contributed by atoms with Crippen molar-refractivity contribution < 1.29 is 9.18 Å². The molecule has 1 aliphatic carbocycles. The smallest absolute Gasteiger partial charge is 0.224 e. The van der Waals surface area contributed by atoms with Gasteiger partial charge < -0.3 is 0 Å². The molecule has 0 aliphatic heterocycles. The van der Waals surface area contributed by atoms with Crippen LogP contribution in [0.4, 0.5) is 4.39 Å². The quantitative estimate of drug-likeness (QED) is 0.522. The number of carbonyl (C=O) groups excluding carboxylic acids is 1. The molecule has 1 aliphatic rings. The van der Waals surface area contributed by atoms with Gasteiger partial charge in [-0.2, -0.15) is 0 Å². The molecule has 0 amide bonds. The number of hydrogen-bond donors (Lipinski definition) is 0. The molecule has 3 heteroatoms. The Bertz CT molecular complexity index is 126. The minimum absolute atomic E-state index is 0.207. The summed E-state index contributed by atoms with van der Waals surface area (Å²) in [5, 5.41) is -0.379. The van der Waals surface area contributed by atoms with Crippen LogP contribution in [-0.4, -0.2) is 11.4 Å². The SMILES string of the molecule is O=C(Cl)C1CCC(F)C1. The average Bonchev–Trinajstić information content (AvgIpc) is 2.14. The largest absolute Gasteiger partial charge is 0.281 e. The number of hydrogen-bond acceptors (Lipinski definition) is 1. The van der Waals surface area contributed by atoms with E-state index in [1.165, 1.54) is 0 Å². The predicted molar refractivity (Wildman–Crippen MR) is 33.1 cm³/mol. The molecule has 0 bridgehead atoms. The van der Waals surface area contributed by atoms with Crippen LogP contribution < -0.4 is 0 Å². The summed E-state index contributed by atoms with van der Waals surface area (Å²) in [6, 6.07) is 0. The molecule has 0 aromatic heterocycles. The van der Waals surface area contributed by atoms with Crippen molar-refractivity contribution in [3.05, 3.63) is 0 Å². The third kappa shape index (κ3) is 1.65. The summed E-state index contributed by atoms with van der Waals surface area (Å²) in [7, 11) is 0. The number of rotatable bonds is 1. The Hall–Kier alpha value is -0.110. The van der Waals surface area contributed by atoms with E-state index < -0.39 is 6.17 Å². The first-order chi connectivity index (χ1) is 4.20. The van der Waals surface area contributed by atoms with E-state index in [4.69, 9.17) is 11.6 Å².